The molecule has 0 N–H and O–H groups in total. The summed E-state index contributed by atoms with van der Waals surface area (Å²) in [6.07, 6.45) is 0. The molecule has 0 saturated heterocycles. The second kappa shape index (κ2) is 1.59. The van der Waals surface area contributed by atoms with Gasteiger partial charge in [-0.2, -0.15) is 0 Å². The van der Waals surface area contributed by atoms with E-state index in [1.54, 1.807) is 0 Å². The van der Waals surface area contributed by atoms with E-state index >= 15 is 0 Å². The van der Waals surface area contributed by atoms with Crippen LogP contribution < -0.4 is 0 Å². The molecule has 0 aliphatic heterocycles. The first-order valence-electron chi connectivity index (χ1n) is 3.51. The molecular weight excluding hydrogens is 112 g/mol. The first kappa shape index (κ1) is 6.79. The molecule has 1 aliphatic rings. The molecule has 0 bridgehead atoms. The summed E-state index contributed by atoms with van der Waals surface area (Å²) in [4.78, 5) is 11.0. The topological polar surface area (TPSA) is 17.1 Å². The fraction of sp³-hybridized carbons (Fsp3) is 0.875. The van der Waals surface area contributed by atoms with Crippen molar-refractivity contribution >= 4 is 5.78 Å². The normalized spacial score (nSPS) is 40.2. The van der Waals surface area contributed by atoms with Crippen LogP contribution in [0.4, 0.5) is 0 Å². The summed E-state index contributed by atoms with van der Waals surface area (Å²) in [5.41, 5.74) is 0.261. The third kappa shape index (κ3) is 0.637. The molecule has 0 aromatic carbocycles. The Morgan fingerprint density at radius 1 is 1.22 bits per heavy atom. The molecule has 52 valence electrons. The zero-order valence-corrected chi connectivity index (χ0v) is 6.56. The molecule has 0 heterocycles. The van der Waals surface area contributed by atoms with E-state index in [1.807, 2.05) is 13.8 Å². The Hall–Kier alpha value is -0.330. The number of Topliss-reactive ketones (excluding diaryl/α,β-unsaturated/α-hetero) is 1. The number of hydrogen-bond acceptors (Lipinski definition) is 1. The predicted octanol–water partition coefficient (Wildman–Crippen LogP) is 1.87. The number of rotatable bonds is 0. The van der Waals surface area contributed by atoms with Gasteiger partial charge in [-0.05, 0) is 5.41 Å². The second-order valence-electron chi connectivity index (χ2n) is 3.67. The highest BCUT2D eigenvalue weighted by molar-refractivity contribution is 5.90. The van der Waals surface area contributed by atoms with Crippen LogP contribution in [0.3, 0.4) is 0 Å². The average Bonchev–Trinajstić information content (AvgIpc) is 1.84. The van der Waals surface area contributed by atoms with Gasteiger partial charge in [0, 0.05) is 11.8 Å². The molecule has 0 amide bonds. The lowest BCUT2D eigenvalue weighted by molar-refractivity contribution is -0.148. The van der Waals surface area contributed by atoms with Crippen LogP contribution >= 0.6 is 0 Å². The highest BCUT2D eigenvalue weighted by Gasteiger charge is 2.50. The van der Waals surface area contributed by atoms with Crippen molar-refractivity contribution in [3.8, 4) is 0 Å². The van der Waals surface area contributed by atoms with E-state index in [0.29, 0.717) is 5.78 Å². The van der Waals surface area contributed by atoms with Crippen molar-refractivity contribution in [3.05, 3.63) is 0 Å². The van der Waals surface area contributed by atoms with Gasteiger partial charge < -0.3 is 0 Å². The largest absolute Gasteiger partial charge is 0.299 e. The molecule has 1 rings (SSSR count). The fourth-order valence-corrected chi connectivity index (χ4v) is 1.39. The van der Waals surface area contributed by atoms with E-state index in [9.17, 15) is 4.79 Å². The lowest BCUT2D eigenvalue weighted by Gasteiger charge is -2.47. The average molecular weight is 126 g/mol. The zero-order valence-electron chi connectivity index (χ0n) is 6.56. The predicted molar refractivity (Wildman–Crippen MR) is 37.1 cm³/mol. The standard InChI is InChI=1S/C8H14O/c1-5-7(9)6(2)8(5,3)4/h5-6H,1-4H3. The smallest absolute Gasteiger partial charge is 0.139 e. The number of carbonyl (C=O) groups is 1. The van der Waals surface area contributed by atoms with E-state index in [1.165, 1.54) is 0 Å². The van der Waals surface area contributed by atoms with Gasteiger partial charge in [0.15, 0.2) is 0 Å². The summed E-state index contributed by atoms with van der Waals surface area (Å²) < 4.78 is 0. The van der Waals surface area contributed by atoms with Crippen LogP contribution in [0.1, 0.15) is 27.7 Å². The first-order chi connectivity index (χ1) is 3.98. The molecule has 2 atom stereocenters. The molecule has 0 aromatic heterocycles. The zero-order chi connectivity index (χ0) is 7.23. The minimum absolute atomic E-state index is 0.261. The summed E-state index contributed by atoms with van der Waals surface area (Å²) in [5.74, 6) is 1.000. The van der Waals surface area contributed by atoms with Crippen molar-refractivity contribution in [3.63, 3.8) is 0 Å². The van der Waals surface area contributed by atoms with Crippen LogP contribution in [-0.2, 0) is 4.79 Å². The van der Waals surface area contributed by atoms with Crippen LogP contribution in [-0.4, -0.2) is 5.78 Å². The summed E-state index contributed by atoms with van der Waals surface area (Å²) in [6, 6.07) is 0. The van der Waals surface area contributed by atoms with E-state index in [0.717, 1.165) is 0 Å². The third-order valence-corrected chi connectivity index (χ3v) is 3.09. The SMILES string of the molecule is CC1C(=O)C(C)C1(C)C. The van der Waals surface area contributed by atoms with Crippen LogP contribution in [0.15, 0.2) is 0 Å². The van der Waals surface area contributed by atoms with Gasteiger partial charge in [-0.25, -0.2) is 0 Å². The minimum Gasteiger partial charge on any atom is -0.299 e. The van der Waals surface area contributed by atoms with E-state index in [-0.39, 0.29) is 17.3 Å². The minimum atomic E-state index is 0.261. The number of carbonyl (C=O) groups excluding carboxylic acids is 1. The summed E-state index contributed by atoms with van der Waals surface area (Å²) in [6.45, 7) is 8.35. The number of hydrogen-bond donors (Lipinski definition) is 0. The Labute approximate surface area is 56.4 Å². The Balaban J connectivity index is 2.73. The van der Waals surface area contributed by atoms with Crippen LogP contribution in [0.2, 0.25) is 0 Å². The van der Waals surface area contributed by atoms with Crippen molar-refractivity contribution < 1.29 is 4.79 Å². The van der Waals surface area contributed by atoms with E-state index in [2.05, 4.69) is 13.8 Å². The molecular formula is C8H14O. The fourth-order valence-electron chi connectivity index (χ4n) is 1.39. The highest BCUT2D eigenvalue weighted by atomic mass is 16.1. The van der Waals surface area contributed by atoms with Crippen LogP contribution in [0.25, 0.3) is 0 Å². The van der Waals surface area contributed by atoms with Crippen molar-refractivity contribution in [1.82, 2.24) is 0 Å². The molecule has 1 aliphatic carbocycles. The second-order valence-corrected chi connectivity index (χ2v) is 3.67. The van der Waals surface area contributed by atoms with Crippen LogP contribution in [0.5, 0.6) is 0 Å². The summed E-state index contributed by atoms with van der Waals surface area (Å²) >= 11 is 0. The third-order valence-electron chi connectivity index (χ3n) is 3.09. The molecule has 1 saturated carbocycles. The first-order valence-corrected chi connectivity index (χ1v) is 3.51. The van der Waals surface area contributed by atoms with E-state index in [4.69, 9.17) is 0 Å². The van der Waals surface area contributed by atoms with Gasteiger partial charge in [0.25, 0.3) is 0 Å². The van der Waals surface area contributed by atoms with Crippen molar-refractivity contribution in [2.45, 2.75) is 27.7 Å². The monoisotopic (exact) mass is 126 g/mol. The van der Waals surface area contributed by atoms with E-state index < -0.39 is 0 Å². The van der Waals surface area contributed by atoms with Gasteiger partial charge in [0.2, 0.25) is 0 Å². The quantitative estimate of drug-likeness (QED) is 0.484. The van der Waals surface area contributed by atoms with Crippen molar-refractivity contribution in [2.75, 3.05) is 0 Å². The molecule has 2 unspecified atom stereocenters. The van der Waals surface area contributed by atoms with Gasteiger partial charge in [-0.15, -0.1) is 0 Å². The maximum absolute atomic E-state index is 11.0. The van der Waals surface area contributed by atoms with Gasteiger partial charge >= 0.3 is 0 Å². The van der Waals surface area contributed by atoms with Gasteiger partial charge in [0.1, 0.15) is 5.78 Å². The molecule has 0 radical (unpaired) electrons. The summed E-state index contributed by atoms with van der Waals surface area (Å²) in [5, 5.41) is 0. The lowest BCUT2D eigenvalue weighted by Crippen LogP contribution is -2.51. The molecule has 1 fully saturated rings. The Bertz CT molecular complexity index is 133. The number of ketones is 1. The van der Waals surface area contributed by atoms with Crippen LogP contribution in [0, 0.1) is 17.3 Å². The Morgan fingerprint density at radius 2 is 1.56 bits per heavy atom. The molecule has 9 heavy (non-hydrogen) atoms. The van der Waals surface area contributed by atoms with Gasteiger partial charge in [-0.3, -0.25) is 4.79 Å². The molecule has 0 aromatic rings. The molecule has 0 spiro atoms. The highest BCUT2D eigenvalue weighted by Crippen LogP contribution is 2.47. The molecule has 1 heteroatoms. The lowest BCUT2D eigenvalue weighted by atomic mass is 9.55. The Morgan fingerprint density at radius 3 is 1.67 bits per heavy atom. The van der Waals surface area contributed by atoms with Gasteiger partial charge in [0.05, 0.1) is 0 Å². The maximum atomic E-state index is 11.0. The summed E-state index contributed by atoms with van der Waals surface area (Å²) in [7, 11) is 0. The molecule has 1 nitrogen and oxygen atoms in total. The van der Waals surface area contributed by atoms with Crippen molar-refractivity contribution in [2.24, 2.45) is 17.3 Å². The van der Waals surface area contributed by atoms with Gasteiger partial charge in [-0.1, -0.05) is 27.7 Å². The maximum Gasteiger partial charge on any atom is 0.139 e. The Kier molecular flexibility index (Phi) is 1.20. The van der Waals surface area contributed by atoms with Crippen molar-refractivity contribution in [1.29, 1.82) is 0 Å².